The van der Waals surface area contributed by atoms with Crippen molar-refractivity contribution in [1.29, 1.82) is 0 Å². The van der Waals surface area contributed by atoms with E-state index >= 15 is 0 Å². The Kier molecular flexibility index (Phi) is 6.44. The Morgan fingerprint density at radius 2 is 2.13 bits per heavy atom. The number of ether oxygens (including phenoxy) is 1. The smallest absolute Gasteiger partial charge is 0.303 e. The van der Waals surface area contributed by atoms with E-state index in [0.29, 0.717) is 19.4 Å². The number of nitrogens with zero attached hydrogens (tertiary/aromatic N) is 1. The van der Waals surface area contributed by atoms with Crippen LogP contribution in [-0.4, -0.2) is 41.1 Å². The zero-order chi connectivity index (χ0) is 16.7. The lowest BCUT2D eigenvalue weighted by Crippen LogP contribution is -2.44. The van der Waals surface area contributed by atoms with Crippen LogP contribution >= 0.6 is 0 Å². The fourth-order valence-electron chi connectivity index (χ4n) is 3.02. The molecule has 0 bridgehead atoms. The van der Waals surface area contributed by atoms with Crippen molar-refractivity contribution in [3.05, 3.63) is 29.8 Å². The molecule has 0 radical (unpaired) electrons. The first kappa shape index (κ1) is 17.3. The topological polar surface area (TPSA) is 66.8 Å². The van der Waals surface area contributed by atoms with Gasteiger partial charge in [0, 0.05) is 19.0 Å². The van der Waals surface area contributed by atoms with Gasteiger partial charge in [-0.25, -0.2) is 0 Å². The summed E-state index contributed by atoms with van der Waals surface area (Å²) in [6.07, 6.45) is 3.95. The Morgan fingerprint density at radius 3 is 2.87 bits per heavy atom. The van der Waals surface area contributed by atoms with Gasteiger partial charge in [-0.1, -0.05) is 12.1 Å². The van der Waals surface area contributed by atoms with Gasteiger partial charge in [0.05, 0.1) is 13.0 Å². The highest BCUT2D eigenvalue weighted by Gasteiger charge is 2.26. The van der Waals surface area contributed by atoms with Gasteiger partial charge in [0.2, 0.25) is 5.91 Å². The van der Waals surface area contributed by atoms with E-state index < -0.39 is 5.97 Å². The van der Waals surface area contributed by atoms with Gasteiger partial charge in [0.1, 0.15) is 5.75 Å². The molecule has 1 saturated heterocycles. The summed E-state index contributed by atoms with van der Waals surface area (Å²) >= 11 is 0. The molecule has 0 spiro atoms. The van der Waals surface area contributed by atoms with E-state index in [0.717, 1.165) is 37.1 Å². The number of carbonyl (C=O) groups is 2. The predicted octanol–water partition coefficient (Wildman–Crippen LogP) is 3.01. The SMILES string of the molecule is Cc1cccc(OCCC(=O)N2CCCCC2CCC(=O)O)c1. The van der Waals surface area contributed by atoms with Crippen molar-refractivity contribution in [2.45, 2.75) is 51.5 Å². The number of carboxylic acid groups (broad SMARTS) is 1. The van der Waals surface area contributed by atoms with Crippen LogP contribution in [0.2, 0.25) is 0 Å². The summed E-state index contributed by atoms with van der Waals surface area (Å²) in [6, 6.07) is 7.82. The maximum absolute atomic E-state index is 12.4. The van der Waals surface area contributed by atoms with Gasteiger partial charge in [-0.3, -0.25) is 9.59 Å². The second-order valence-corrected chi connectivity index (χ2v) is 6.08. The number of likely N-dealkylation sites (tertiary alicyclic amines) is 1. The van der Waals surface area contributed by atoms with Crippen molar-refractivity contribution in [3.8, 4) is 5.75 Å². The molecule has 0 aliphatic carbocycles. The molecule has 2 rings (SSSR count). The van der Waals surface area contributed by atoms with E-state index in [4.69, 9.17) is 9.84 Å². The third-order valence-electron chi connectivity index (χ3n) is 4.21. The largest absolute Gasteiger partial charge is 0.493 e. The van der Waals surface area contributed by atoms with Gasteiger partial charge in [-0.05, 0) is 50.3 Å². The molecule has 1 aliphatic rings. The van der Waals surface area contributed by atoms with E-state index in [1.165, 1.54) is 0 Å². The molecule has 126 valence electrons. The average Bonchev–Trinajstić information content (AvgIpc) is 2.53. The van der Waals surface area contributed by atoms with E-state index in [1.807, 2.05) is 36.1 Å². The van der Waals surface area contributed by atoms with Gasteiger partial charge in [-0.15, -0.1) is 0 Å². The van der Waals surface area contributed by atoms with Crippen LogP contribution in [0.15, 0.2) is 24.3 Å². The highest BCUT2D eigenvalue weighted by molar-refractivity contribution is 5.77. The maximum atomic E-state index is 12.4. The zero-order valence-corrected chi connectivity index (χ0v) is 13.7. The number of rotatable bonds is 7. The van der Waals surface area contributed by atoms with Crippen molar-refractivity contribution in [2.24, 2.45) is 0 Å². The van der Waals surface area contributed by atoms with Crippen molar-refractivity contribution in [3.63, 3.8) is 0 Å². The lowest BCUT2D eigenvalue weighted by molar-refractivity contribution is -0.140. The Labute approximate surface area is 137 Å². The molecule has 1 unspecified atom stereocenters. The third kappa shape index (κ3) is 5.58. The molecule has 1 aromatic carbocycles. The van der Waals surface area contributed by atoms with Gasteiger partial charge in [0.25, 0.3) is 0 Å². The normalized spacial score (nSPS) is 17.8. The first-order chi connectivity index (χ1) is 11.1. The van der Waals surface area contributed by atoms with Gasteiger partial charge < -0.3 is 14.7 Å². The van der Waals surface area contributed by atoms with Gasteiger partial charge >= 0.3 is 5.97 Å². The van der Waals surface area contributed by atoms with Crippen molar-refractivity contribution in [1.82, 2.24) is 4.90 Å². The lowest BCUT2D eigenvalue weighted by Gasteiger charge is -2.35. The molecule has 0 saturated carbocycles. The molecule has 1 fully saturated rings. The van der Waals surface area contributed by atoms with Crippen LogP contribution in [-0.2, 0) is 9.59 Å². The van der Waals surface area contributed by atoms with E-state index in [1.54, 1.807) is 0 Å². The minimum atomic E-state index is -0.800. The molecule has 5 heteroatoms. The fraction of sp³-hybridized carbons (Fsp3) is 0.556. The highest BCUT2D eigenvalue weighted by Crippen LogP contribution is 2.22. The van der Waals surface area contributed by atoms with Crippen LogP contribution in [0.25, 0.3) is 0 Å². The molecule has 1 aliphatic heterocycles. The average molecular weight is 319 g/mol. The summed E-state index contributed by atoms with van der Waals surface area (Å²) < 4.78 is 5.64. The Bertz CT molecular complexity index is 544. The van der Waals surface area contributed by atoms with Gasteiger partial charge in [0.15, 0.2) is 0 Å². The number of aliphatic carboxylic acids is 1. The molecule has 5 nitrogen and oxygen atoms in total. The molecule has 1 aromatic rings. The molecule has 23 heavy (non-hydrogen) atoms. The second kappa shape index (κ2) is 8.56. The Balaban J connectivity index is 1.81. The molecule has 1 amide bonds. The molecule has 1 heterocycles. The first-order valence-corrected chi connectivity index (χ1v) is 8.27. The second-order valence-electron chi connectivity index (χ2n) is 6.08. The standard InChI is InChI=1S/C18H25NO4/c1-14-5-4-7-16(13-14)23-12-10-17(20)19-11-3-2-6-15(19)8-9-18(21)22/h4-5,7,13,15H,2-3,6,8-12H2,1H3,(H,21,22). The highest BCUT2D eigenvalue weighted by atomic mass is 16.5. The summed E-state index contributed by atoms with van der Waals surface area (Å²) in [5.41, 5.74) is 1.12. The third-order valence-corrected chi connectivity index (χ3v) is 4.21. The number of hydrogen-bond donors (Lipinski definition) is 1. The van der Waals surface area contributed by atoms with Crippen LogP contribution in [0, 0.1) is 6.92 Å². The minimum Gasteiger partial charge on any atom is -0.493 e. The molecule has 0 aromatic heterocycles. The monoisotopic (exact) mass is 319 g/mol. The van der Waals surface area contributed by atoms with Gasteiger partial charge in [-0.2, -0.15) is 0 Å². The Morgan fingerprint density at radius 1 is 1.30 bits per heavy atom. The van der Waals surface area contributed by atoms with Crippen LogP contribution in [0.1, 0.15) is 44.1 Å². The number of carbonyl (C=O) groups excluding carboxylic acids is 1. The first-order valence-electron chi connectivity index (χ1n) is 8.27. The van der Waals surface area contributed by atoms with E-state index in [9.17, 15) is 9.59 Å². The number of amides is 1. The summed E-state index contributed by atoms with van der Waals surface area (Å²) in [5.74, 6) is 0.0392. The van der Waals surface area contributed by atoms with Crippen LogP contribution in [0.3, 0.4) is 0 Å². The summed E-state index contributed by atoms with van der Waals surface area (Å²) in [6.45, 7) is 3.08. The number of benzene rings is 1. The number of carboxylic acids is 1. The van der Waals surface area contributed by atoms with Crippen molar-refractivity contribution >= 4 is 11.9 Å². The Hall–Kier alpha value is -2.04. The van der Waals surface area contributed by atoms with Crippen LogP contribution in [0.4, 0.5) is 0 Å². The summed E-state index contributed by atoms with van der Waals surface area (Å²) in [5, 5.41) is 8.84. The molecule has 1 atom stereocenters. The molecular weight excluding hydrogens is 294 g/mol. The van der Waals surface area contributed by atoms with Crippen LogP contribution < -0.4 is 4.74 Å². The van der Waals surface area contributed by atoms with E-state index in [-0.39, 0.29) is 18.4 Å². The number of aryl methyl sites for hydroxylation is 1. The number of piperidine rings is 1. The fourth-order valence-corrected chi connectivity index (χ4v) is 3.02. The van der Waals surface area contributed by atoms with Crippen molar-refractivity contribution in [2.75, 3.05) is 13.2 Å². The maximum Gasteiger partial charge on any atom is 0.303 e. The summed E-state index contributed by atoms with van der Waals surface area (Å²) in [4.78, 5) is 25.0. The van der Waals surface area contributed by atoms with Crippen LogP contribution in [0.5, 0.6) is 5.75 Å². The molecule has 1 N–H and O–H groups in total. The zero-order valence-electron chi connectivity index (χ0n) is 13.7. The molecular formula is C18H25NO4. The predicted molar refractivity (Wildman–Crippen MR) is 87.5 cm³/mol. The lowest BCUT2D eigenvalue weighted by atomic mass is 9.97. The van der Waals surface area contributed by atoms with E-state index in [2.05, 4.69) is 0 Å². The minimum absolute atomic E-state index is 0.0614. The quantitative estimate of drug-likeness (QED) is 0.839. The number of hydrogen-bond acceptors (Lipinski definition) is 3. The van der Waals surface area contributed by atoms with Crippen molar-refractivity contribution < 1.29 is 19.4 Å². The summed E-state index contributed by atoms with van der Waals surface area (Å²) in [7, 11) is 0.